The van der Waals surface area contributed by atoms with Gasteiger partial charge in [0.15, 0.2) is 0 Å². The monoisotopic (exact) mass is 372 g/mol. The smallest absolute Gasteiger partial charge is 0.255 e. The molecule has 1 aliphatic rings. The van der Waals surface area contributed by atoms with Gasteiger partial charge in [0.2, 0.25) is 0 Å². The number of anilines is 3. The van der Waals surface area contributed by atoms with Gasteiger partial charge in [0.25, 0.3) is 11.9 Å². The number of carbonyl (C=O) groups is 1. The maximum absolute atomic E-state index is 13.1. The molecule has 9 nitrogen and oxygen atoms in total. The van der Waals surface area contributed by atoms with Crippen LogP contribution in [0.15, 0.2) is 66.0 Å². The van der Waals surface area contributed by atoms with Crippen molar-refractivity contribution >= 4 is 34.1 Å². The van der Waals surface area contributed by atoms with Crippen molar-refractivity contribution in [2.24, 2.45) is 0 Å². The summed E-state index contributed by atoms with van der Waals surface area (Å²) in [6.45, 7) is 2.21. The lowest BCUT2D eigenvalue weighted by Crippen LogP contribution is -2.31. The first-order chi connectivity index (χ1) is 13.7. The Kier molecular flexibility index (Phi) is 3.64. The highest BCUT2D eigenvalue weighted by molar-refractivity contribution is 6.05. The Morgan fingerprint density at radius 3 is 2.89 bits per heavy atom. The van der Waals surface area contributed by atoms with Crippen LogP contribution in [0.25, 0.3) is 10.9 Å². The van der Waals surface area contributed by atoms with Gasteiger partial charge in [0.05, 0.1) is 23.8 Å². The van der Waals surface area contributed by atoms with Gasteiger partial charge in [-0.1, -0.05) is 23.3 Å². The first-order valence-corrected chi connectivity index (χ1v) is 8.76. The van der Waals surface area contributed by atoms with Crippen LogP contribution in [-0.4, -0.2) is 36.3 Å². The Morgan fingerprint density at radius 1 is 1.18 bits per heavy atom. The molecule has 0 bridgehead atoms. The molecule has 1 amide bonds. The van der Waals surface area contributed by atoms with Gasteiger partial charge in [-0.05, 0) is 47.7 Å². The van der Waals surface area contributed by atoms with Gasteiger partial charge < -0.3 is 5.32 Å². The largest absolute Gasteiger partial charge is 0.322 e. The highest BCUT2D eigenvalue weighted by Gasteiger charge is 2.29. The molecule has 0 saturated carbocycles. The molecule has 28 heavy (non-hydrogen) atoms. The Hall–Kier alpha value is -4.01. The fourth-order valence-electron chi connectivity index (χ4n) is 3.36. The second-order valence-corrected chi connectivity index (χ2v) is 6.50. The summed E-state index contributed by atoms with van der Waals surface area (Å²) in [6.07, 6.45) is 1.72. The average Bonchev–Trinajstić information content (AvgIpc) is 3.36. The molecule has 1 aliphatic heterocycles. The second kappa shape index (κ2) is 6.31. The number of hydrogen-bond donors (Lipinski definition) is 2. The van der Waals surface area contributed by atoms with Crippen molar-refractivity contribution in [1.82, 2.24) is 30.4 Å². The molecular weight excluding hydrogens is 356 g/mol. The van der Waals surface area contributed by atoms with Crippen molar-refractivity contribution in [2.45, 2.75) is 13.5 Å². The maximum Gasteiger partial charge on any atom is 0.255 e. The lowest BCUT2D eigenvalue weighted by atomic mass is 10.1. The third-order valence-electron chi connectivity index (χ3n) is 4.78. The minimum atomic E-state index is -0.192. The fourth-order valence-corrected chi connectivity index (χ4v) is 3.36. The summed E-state index contributed by atoms with van der Waals surface area (Å²) in [5.74, 6) is 0.391. The summed E-state index contributed by atoms with van der Waals surface area (Å²) in [5.41, 5.74) is 3.89. The second-order valence-electron chi connectivity index (χ2n) is 6.50. The van der Waals surface area contributed by atoms with Gasteiger partial charge in [-0.3, -0.25) is 14.8 Å². The van der Waals surface area contributed by atoms with Crippen molar-refractivity contribution in [2.75, 3.05) is 10.2 Å². The Balaban J connectivity index is 1.51. The van der Waals surface area contributed by atoms with Crippen LogP contribution in [0.4, 0.5) is 17.3 Å². The van der Waals surface area contributed by atoms with E-state index in [1.54, 1.807) is 10.9 Å². The molecule has 0 saturated heterocycles. The van der Waals surface area contributed by atoms with Crippen LogP contribution in [0.1, 0.15) is 6.92 Å². The predicted molar refractivity (Wildman–Crippen MR) is 104 cm³/mol. The van der Waals surface area contributed by atoms with Gasteiger partial charge in [-0.15, -0.1) is 0 Å². The number of nitrogens with zero attached hydrogens (tertiary/aromatic N) is 6. The summed E-state index contributed by atoms with van der Waals surface area (Å²) >= 11 is 0. The standard InChI is InChI=1S/C19H16N8O/c1-12-16(18(28)21-14-7-8-17-13(9-14)10-20-22-17)11-26-19(23-24-25-26)27(12)15-5-3-2-4-6-15/h2-10H,11H2,1H3,(H,20,22)(H,21,28). The molecule has 0 unspecified atom stereocenters. The number of para-hydroxylation sites is 1. The molecule has 5 rings (SSSR count). The van der Waals surface area contributed by atoms with Crippen LogP contribution in [0.2, 0.25) is 0 Å². The Morgan fingerprint density at radius 2 is 2.04 bits per heavy atom. The van der Waals surface area contributed by atoms with E-state index in [0.717, 1.165) is 22.3 Å². The third-order valence-corrected chi connectivity index (χ3v) is 4.78. The zero-order chi connectivity index (χ0) is 19.1. The topological polar surface area (TPSA) is 105 Å². The summed E-state index contributed by atoms with van der Waals surface area (Å²) in [5, 5.41) is 22.7. The maximum atomic E-state index is 13.1. The average molecular weight is 372 g/mol. The molecule has 0 aliphatic carbocycles. The van der Waals surface area contributed by atoms with E-state index < -0.39 is 0 Å². The minimum absolute atomic E-state index is 0.192. The van der Waals surface area contributed by atoms with E-state index >= 15 is 0 Å². The molecule has 0 atom stereocenters. The molecular formula is C19H16N8O. The van der Waals surface area contributed by atoms with E-state index in [-0.39, 0.29) is 5.91 Å². The van der Waals surface area contributed by atoms with Crippen molar-refractivity contribution in [3.8, 4) is 0 Å². The Bertz CT molecular complexity index is 1210. The van der Waals surface area contributed by atoms with Crippen molar-refractivity contribution in [3.05, 3.63) is 66.0 Å². The number of hydrogen-bond acceptors (Lipinski definition) is 6. The number of carbonyl (C=O) groups excluding carboxylic acids is 1. The quantitative estimate of drug-likeness (QED) is 0.573. The van der Waals surface area contributed by atoms with Crippen LogP contribution in [-0.2, 0) is 11.3 Å². The van der Waals surface area contributed by atoms with E-state index in [4.69, 9.17) is 0 Å². The van der Waals surface area contributed by atoms with Crippen molar-refractivity contribution < 1.29 is 4.79 Å². The molecule has 0 radical (unpaired) electrons. The molecule has 2 N–H and O–H groups in total. The summed E-state index contributed by atoms with van der Waals surface area (Å²) in [6, 6.07) is 15.3. The summed E-state index contributed by atoms with van der Waals surface area (Å²) in [4.78, 5) is 14.9. The molecule has 2 aromatic heterocycles. The van der Waals surface area contributed by atoms with Gasteiger partial charge in [-0.2, -0.15) is 5.10 Å². The van der Waals surface area contributed by atoms with Gasteiger partial charge >= 0.3 is 0 Å². The number of fused-ring (bicyclic) bond motifs is 2. The van der Waals surface area contributed by atoms with E-state index in [2.05, 4.69) is 31.0 Å². The number of tetrazole rings is 1. The van der Waals surface area contributed by atoms with Crippen LogP contribution >= 0.6 is 0 Å². The number of allylic oxidation sites excluding steroid dienone is 1. The zero-order valence-electron chi connectivity index (χ0n) is 15.0. The zero-order valence-corrected chi connectivity index (χ0v) is 15.0. The molecule has 3 heterocycles. The first kappa shape index (κ1) is 16.2. The highest BCUT2D eigenvalue weighted by Crippen LogP contribution is 2.33. The molecule has 2 aromatic carbocycles. The lowest BCUT2D eigenvalue weighted by Gasteiger charge is -2.30. The summed E-state index contributed by atoms with van der Waals surface area (Å²) < 4.78 is 1.62. The fraction of sp³-hybridized carbons (Fsp3) is 0.105. The molecule has 4 aromatic rings. The highest BCUT2D eigenvalue weighted by atomic mass is 16.1. The van der Waals surface area contributed by atoms with E-state index in [0.29, 0.717) is 23.8 Å². The lowest BCUT2D eigenvalue weighted by molar-refractivity contribution is -0.113. The number of amides is 1. The first-order valence-electron chi connectivity index (χ1n) is 8.76. The molecule has 9 heteroatoms. The van der Waals surface area contributed by atoms with Crippen molar-refractivity contribution in [1.29, 1.82) is 0 Å². The minimum Gasteiger partial charge on any atom is -0.322 e. The summed E-state index contributed by atoms with van der Waals surface area (Å²) in [7, 11) is 0. The van der Waals surface area contributed by atoms with E-state index in [1.807, 2.05) is 60.4 Å². The third kappa shape index (κ3) is 2.60. The number of rotatable bonds is 3. The number of benzene rings is 2. The van der Waals surface area contributed by atoms with Gasteiger partial charge in [0, 0.05) is 22.5 Å². The number of aromatic nitrogens is 6. The van der Waals surface area contributed by atoms with Crippen LogP contribution in [0, 0.1) is 0 Å². The normalized spacial score (nSPS) is 13.7. The van der Waals surface area contributed by atoms with Crippen LogP contribution in [0.3, 0.4) is 0 Å². The molecule has 0 fully saturated rings. The van der Waals surface area contributed by atoms with Crippen LogP contribution in [0.5, 0.6) is 0 Å². The Labute approximate surface area is 159 Å². The van der Waals surface area contributed by atoms with Gasteiger partial charge in [-0.25, -0.2) is 4.68 Å². The number of aromatic amines is 1. The predicted octanol–water partition coefficient (Wildman–Crippen LogP) is 2.61. The van der Waals surface area contributed by atoms with Crippen molar-refractivity contribution in [3.63, 3.8) is 0 Å². The van der Waals surface area contributed by atoms with E-state index in [9.17, 15) is 4.79 Å². The van der Waals surface area contributed by atoms with Gasteiger partial charge in [0.1, 0.15) is 0 Å². The van der Waals surface area contributed by atoms with Crippen LogP contribution < -0.4 is 10.2 Å². The number of H-pyrrole nitrogens is 1. The molecule has 0 spiro atoms. The SMILES string of the molecule is CC1=C(C(=O)Nc2ccc3[nH]ncc3c2)Cn2nnnc2N1c1ccccc1. The number of nitrogens with one attached hydrogen (secondary N) is 2. The molecule has 138 valence electrons. The van der Waals surface area contributed by atoms with E-state index in [1.165, 1.54) is 0 Å².